The van der Waals surface area contributed by atoms with Gasteiger partial charge in [0.25, 0.3) is 0 Å². The number of amides is 1. The van der Waals surface area contributed by atoms with Gasteiger partial charge in [-0.1, -0.05) is 11.8 Å². The Bertz CT molecular complexity index is 549. The summed E-state index contributed by atoms with van der Waals surface area (Å²) in [7, 11) is 0. The van der Waals surface area contributed by atoms with Gasteiger partial charge in [-0.2, -0.15) is 0 Å². The fourth-order valence-electron chi connectivity index (χ4n) is 1.37. The summed E-state index contributed by atoms with van der Waals surface area (Å²) < 4.78 is 0. The van der Waals surface area contributed by atoms with Crippen molar-refractivity contribution < 1.29 is 19.6 Å². The zero-order valence-corrected chi connectivity index (χ0v) is 11.6. The molecule has 0 radical (unpaired) electrons. The third kappa shape index (κ3) is 4.50. The largest absolute Gasteiger partial charge is 0.480 e. The number of rotatable bonds is 6. The molecule has 0 spiro atoms. The highest BCUT2D eigenvalue weighted by atomic mass is 32.2. The van der Waals surface area contributed by atoms with Crippen LogP contribution in [-0.4, -0.2) is 38.7 Å². The van der Waals surface area contributed by atoms with Crippen molar-refractivity contribution in [1.82, 2.24) is 10.3 Å². The number of carbonyl (C=O) groups excluding carboxylic acids is 1. The minimum Gasteiger partial charge on any atom is -0.480 e. The number of nitrogens with one attached hydrogen (secondary N) is 1. The average Bonchev–Trinajstić information content (AvgIpc) is 2.34. The standard InChI is InChI=1S/C11H13N3O5S/c1-6-3-9(14(18)19)10(12-4-6)20-5-8(11(16)17)13-7(2)15/h3-4,8H,5H2,1-2H3,(H,13,15)(H,16,17)/t8-/m0/s1. The van der Waals surface area contributed by atoms with E-state index in [0.717, 1.165) is 11.8 Å². The average molecular weight is 299 g/mol. The molecule has 1 rings (SSSR count). The van der Waals surface area contributed by atoms with E-state index in [1.165, 1.54) is 19.2 Å². The molecule has 0 aliphatic carbocycles. The third-order valence-corrected chi connectivity index (χ3v) is 3.32. The third-order valence-electron chi connectivity index (χ3n) is 2.23. The van der Waals surface area contributed by atoms with Crippen LogP contribution in [0.2, 0.25) is 0 Å². The van der Waals surface area contributed by atoms with Gasteiger partial charge in [0, 0.05) is 24.9 Å². The van der Waals surface area contributed by atoms with Crippen LogP contribution in [-0.2, 0) is 9.59 Å². The van der Waals surface area contributed by atoms with Crippen molar-refractivity contribution in [2.75, 3.05) is 5.75 Å². The molecule has 1 aromatic heterocycles. The summed E-state index contributed by atoms with van der Waals surface area (Å²) >= 11 is 0.914. The van der Waals surface area contributed by atoms with Crippen LogP contribution in [0.15, 0.2) is 17.3 Å². The maximum absolute atomic E-state index is 10.9. The highest BCUT2D eigenvalue weighted by Gasteiger charge is 2.22. The van der Waals surface area contributed by atoms with E-state index in [0.29, 0.717) is 5.56 Å². The van der Waals surface area contributed by atoms with Crippen LogP contribution >= 0.6 is 11.8 Å². The smallest absolute Gasteiger partial charge is 0.327 e. The fourth-order valence-corrected chi connectivity index (χ4v) is 2.32. The van der Waals surface area contributed by atoms with Gasteiger partial charge in [-0.05, 0) is 12.5 Å². The molecule has 1 atom stereocenters. The van der Waals surface area contributed by atoms with Gasteiger partial charge in [0.05, 0.1) is 4.92 Å². The van der Waals surface area contributed by atoms with Gasteiger partial charge in [0.2, 0.25) is 5.91 Å². The van der Waals surface area contributed by atoms with Crippen molar-refractivity contribution in [1.29, 1.82) is 0 Å². The number of hydrogen-bond acceptors (Lipinski definition) is 6. The number of nitro groups is 1. The molecule has 9 heteroatoms. The molecule has 0 unspecified atom stereocenters. The number of pyridine rings is 1. The lowest BCUT2D eigenvalue weighted by Crippen LogP contribution is -2.41. The second-order valence-electron chi connectivity index (χ2n) is 4.00. The Morgan fingerprint density at radius 1 is 1.60 bits per heavy atom. The first-order chi connectivity index (χ1) is 9.31. The van der Waals surface area contributed by atoms with Gasteiger partial charge >= 0.3 is 11.7 Å². The Labute approximate surface area is 118 Å². The van der Waals surface area contributed by atoms with Gasteiger partial charge < -0.3 is 10.4 Å². The monoisotopic (exact) mass is 299 g/mol. The van der Waals surface area contributed by atoms with E-state index in [4.69, 9.17) is 5.11 Å². The number of nitrogens with zero attached hydrogens (tertiary/aromatic N) is 2. The molecule has 1 aromatic rings. The van der Waals surface area contributed by atoms with Crippen molar-refractivity contribution in [3.8, 4) is 0 Å². The number of hydrogen-bond donors (Lipinski definition) is 2. The van der Waals surface area contributed by atoms with Crippen molar-refractivity contribution in [3.63, 3.8) is 0 Å². The summed E-state index contributed by atoms with van der Waals surface area (Å²) in [5.41, 5.74) is 0.458. The number of carboxylic acids is 1. The molecule has 0 bridgehead atoms. The molecule has 1 amide bonds. The van der Waals surface area contributed by atoms with Gasteiger partial charge in [-0.15, -0.1) is 0 Å². The summed E-state index contributed by atoms with van der Waals surface area (Å²) in [6.07, 6.45) is 1.46. The Balaban J connectivity index is 2.85. The summed E-state index contributed by atoms with van der Waals surface area (Å²) in [6.45, 7) is 2.87. The highest BCUT2D eigenvalue weighted by Crippen LogP contribution is 2.27. The molecule has 0 saturated carbocycles. The van der Waals surface area contributed by atoms with Crippen molar-refractivity contribution >= 4 is 29.3 Å². The van der Waals surface area contributed by atoms with E-state index in [1.54, 1.807) is 6.92 Å². The Morgan fingerprint density at radius 2 is 2.25 bits per heavy atom. The van der Waals surface area contributed by atoms with Gasteiger partial charge in [-0.3, -0.25) is 14.9 Å². The van der Waals surface area contributed by atoms with Crippen LogP contribution in [0.1, 0.15) is 12.5 Å². The van der Waals surface area contributed by atoms with E-state index in [1.807, 2.05) is 0 Å². The Kier molecular flexibility index (Phi) is 5.44. The lowest BCUT2D eigenvalue weighted by molar-refractivity contribution is -0.388. The Morgan fingerprint density at radius 3 is 2.75 bits per heavy atom. The molecule has 0 aliphatic heterocycles. The first-order valence-corrected chi connectivity index (χ1v) is 6.53. The lowest BCUT2D eigenvalue weighted by Gasteiger charge is -2.12. The summed E-state index contributed by atoms with van der Waals surface area (Å²) in [6, 6.07) is 0.240. The SMILES string of the molecule is CC(=O)N[C@@H](CSc1ncc(C)cc1[N+](=O)[O-])C(=O)O. The maximum atomic E-state index is 10.9. The molecule has 0 aromatic carbocycles. The minimum absolute atomic E-state index is 0.0498. The fraction of sp³-hybridized carbons (Fsp3) is 0.364. The number of carbonyl (C=O) groups is 2. The zero-order chi connectivity index (χ0) is 15.3. The summed E-state index contributed by atoms with van der Waals surface area (Å²) in [5, 5.41) is 22.2. The van der Waals surface area contributed by atoms with E-state index >= 15 is 0 Å². The van der Waals surface area contributed by atoms with Crippen molar-refractivity contribution in [2.24, 2.45) is 0 Å². The quantitative estimate of drug-likeness (QED) is 0.456. The molecule has 108 valence electrons. The van der Waals surface area contributed by atoms with E-state index in [-0.39, 0.29) is 16.5 Å². The molecule has 0 saturated heterocycles. The molecule has 2 N–H and O–H groups in total. The van der Waals surface area contributed by atoms with Crippen LogP contribution < -0.4 is 5.32 Å². The number of aliphatic carboxylic acids is 1. The molecule has 1 heterocycles. The van der Waals surface area contributed by atoms with Gasteiger partial charge in [0.15, 0.2) is 5.03 Å². The second kappa shape index (κ2) is 6.85. The summed E-state index contributed by atoms with van der Waals surface area (Å²) in [5.74, 6) is -1.74. The second-order valence-corrected chi connectivity index (χ2v) is 5.01. The van der Waals surface area contributed by atoms with Crippen molar-refractivity contribution in [2.45, 2.75) is 24.9 Å². The first kappa shape index (κ1) is 15.9. The van der Waals surface area contributed by atoms with Gasteiger partial charge in [-0.25, -0.2) is 9.78 Å². The number of thioether (sulfide) groups is 1. The van der Waals surface area contributed by atoms with Crippen LogP contribution in [0, 0.1) is 17.0 Å². The predicted molar refractivity (Wildman–Crippen MR) is 71.6 cm³/mol. The molecular formula is C11H13N3O5S. The minimum atomic E-state index is -1.21. The Hall–Kier alpha value is -2.16. The molecule has 8 nitrogen and oxygen atoms in total. The number of carboxylic acid groups (broad SMARTS) is 1. The summed E-state index contributed by atoms with van der Waals surface area (Å²) in [4.78, 5) is 36.1. The lowest BCUT2D eigenvalue weighted by atomic mass is 10.3. The van der Waals surface area contributed by atoms with Crippen LogP contribution in [0.3, 0.4) is 0 Å². The van der Waals surface area contributed by atoms with E-state index in [2.05, 4.69) is 10.3 Å². The normalized spacial score (nSPS) is 11.7. The zero-order valence-electron chi connectivity index (χ0n) is 10.8. The molecule has 0 aliphatic rings. The number of aromatic nitrogens is 1. The van der Waals surface area contributed by atoms with E-state index in [9.17, 15) is 19.7 Å². The highest BCUT2D eigenvalue weighted by molar-refractivity contribution is 7.99. The molecule has 20 heavy (non-hydrogen) atoms. The topological polar surface area (TPSA) is 122 Å². The van der Waals surface area contributed by atoms with E-state index < -0.39 is 22.8 Å². The van der Waals surface area contributed by atoms with Gasteiger partial charge in [0.1, 0.15) is 6.04 Å². The maximum Gasteiger partial charge on any atom is 0.327 e. The van der Waals surface area contributed by atoms with Crippen LogP contribution in [0.25, 0.3) is 0 Å². The van der Waals surface area contributed by atoms with Crippen molar-refractivity contribution in [3.05, 3.63) is 27.9 Å². The van der Waals surface area contributed by atoms with Crippen LogP contribution in [0.5, 0.6) is 0 Å². The molecule has 0 fully saturated rings. The van der Waals surface area contributed by atoms with Crippen LogP contribution in [0.4, 0.5) is 5.69 Å². The molecular weight excluding hydrogens is 286 g/mol. The predicted octanol–water partition coefficient (Wildman–Crippen LogP) is 0.980. The number of aryl methyl sites for hydroxylation is 1. The first-order valence-electron chi connectivity index (χ1n) is 5.55.